The minimum absolute atomic E-state index is 0.0945. The van der Waals surface area contributed by atoms with Gasteiger partial charge in [-0.1, -0.05) is 18.2 Å². The number of para-hydroxylation sites is 1. The molecule has 5 atom stereocenters. The third-order valence-corrected chi connectivity index (χ3v) is 7.02. The third kappa shape index (κ3) is 6.96. The van der Waals surface area contributed by atoms with E-state index in [0.717, 1.165) is 26.3 Å². The van der Waals surface area contributed by atoms with Crippen molar-refractivity contribution in [2.45, 2.75) is 57.3 Å². The standard InChI is InChI=1S/C23H31N4O10P/c1-15(2)36-20(30)16(3)26-38(33,37-17-9-7-6-8-10-17)35-13-18(28)22(4,32)23(14-24,34-5)27-12-11-19(29)25-21(27)31/h6-12,15-16,18,28,32H,13H2,1-5H3,(H,26,33)(H,25,29,31). The van der Waals surface area contributed by atoms with E-state index in [1.165, 1.54) is 19.1 Å². The maximum atomic E-state index is 13.6. The zero-order valence-corrected chi connectivity index (χ0v) is 22.4. The third-order valence-electron chi connectivity index (χ3n) is 5.37. The number of carbonyl (C=O) groups excluding carboxylic acids is 1. The van der Waals surface area contributed by atoms with E-state index in [-0.39, 0.29) is 5.75 Å². The van der Waals surface area contributed by atoms with Crippen LogP contribution in [0.25, 0.3) is 0 Å². The molecule has 0 fully saturated rings. The van der Waals surface area contributed by atoms with Gasteiger partial charge >= 0.3 is 19.4 Å². The Morgan fingerprint density at radius 1 is 1.24 bits per heavy atom. The van der Waals surface area contributed by atoms with Crippen molar-refractivity contribution >= 4 is 13.7 Å². The summed E-state index contributed by atoms with van der Waals surface area (Å²) in [5.74, 6) is -0.662. The van der Waals surface area contributed by atoms with Gasteiger partial charge in [0, 0.05) is 19.4 Å². The molecule has 0 saturated carbocycles. The number of aliphatic hydroxyl groups is 2. The Morgan fingerprint density at radius 2 is 1.87 bits per heavy atom. The zero-order chi connectivity index (χ0) is 28.7. The van der Waals surface area contributed by atoms with Crippen LogP contribution in [0.1, 0.15) is 27.7 Å². The van der Waals surface area contributed by atoms with E-state index < -0.39 is 61.1 Å². The first-order chi connectivity index (χ1) is 17.7. The van der Waals surface area contributed by atoms with Crippen molar-refractivity contribution in [3.8, 4) is 11.8 Å². The molecule has 38 heavy (non-hydrogen) atoms. The van der Waals surface area contributed by atoms with Crippen molar-refractivity contribution in [3.05, 3.63) is 63.4 Å². The molecule has 2 aromatic rings. The molecule has 208 valence electrons. The van der Waals surface area contributed by atoms with Crippen molar-refractivity contribution in [2.24, 2.45) is 0 Å². The molecule has 0 aliphatic carbocycles. The molecule has 2 rings (SSSR count). The molecular weight excluding hydrogens is 523 g/mol. The van der Waals surface area contributed by atoms with Crippen LogP contribution in [0.5, 0.6) is 5.75 Å². The first-order valence-electron chi connectivity index (χ1n) is 11.4. The number of nitrogens with one attached hydrogen (secondary N) is 2. The molecule has 0 radical (unpaired) electrons. The molecule has 4 N–H and O–H groups in total. The Labute approximate surface area is 218 Å². The highest BCUT2D eigenvalue weighted by molar-refractivity contribution is 7.52. The lowest BCUT2D eigenvalue weighted by atomic mass is 9.87. The molecule has 1 aromatic carbocycles. The average Bonchev–Trinajstić information content (AvgIpc) is 2.84. The highest BCUT2D eigenvalue weighted by Crippen LogP contribution is 2.46. The van der Waals surface area contributed by atoms with Crippen LogP contribution in [-0.4, -0.2) is 63.3 Å². The minimum Gasteiger partial charge on any atom is -0.462 e. The van der Waals surface area contributed by atoms with Gasteiger partial charge in [0.05, 0.1) is 12.7 Å². The zero-order valence-electron chi connectivity index (χ0n) is 21.5. The molecule has 0 bridgehead atoms. The molecule has 0 saturated heterocycles. The van der Waals surface area contributed by atoms with E-state index in [0.29, 0.717) is 4.57 Å². The smallest absolute Gasteiger partial charge is 0.459 e. The number of carbonyl (C=O) groups is 1. The summed E-state index contributed by atoms with van der Waals surface area (Å²) < 4.78 is 35.3. The molecule has 5 unspecified atom stereocenters. The summed E-state index contributed by atoms with van der Waals surface area (Å²) >= 11 is 0. The number of nitriles is 1. The molecule has 1 aromatic heterocycles. The normalized spacial score (nSPS) is 17.8. The van der Waals surface area contributed by atoms with Gasteiger partial charge in [0.25, 0.3) is 11.3 Å². The highest BCUT2D eigenvalue weighted by Gasteiger charge is 2.56. The van der Waals surface area contributed by atoms with Crippen molar-refractivity contribution in [1.82, 2.24) is 14.6 Å². The minimum atomic E-state index is -4.44. The van der Waals surface area contributed by atoms with Gasteiger partial charge in [-0.2, -0.15) is 10.3 Å². The maximum Gasteiger partial charge on any atom is 0.459 e. The number of methoxy groups -OCH3 is 1. The molecule has 0 aliphatic rings. The number of aliphatic hydroxyl groups excluding tert-OH is 1. The first kappa shape index (κ1) is 30.9. The van der Waals surface area contributed by atoms with Gasteiger partial charge in [-0.15, -0.1) is 0 Å². The van der Waals surface area contributed by atoms with Crippen LogP contribution in [-0.2, 0) is 29.1 Å². The number of nitrogens with zero attached hydrogens (tertiary/aromatic N) is 2. The molecule has 0 aliphatic heterocycles. The molecule has 0 amide bonds. The average molecular weight is 554 g/mol. The van der Waals surface area contributed by atoms with Crippen LogP contribution in [0.3, 0.4) is 0 Å². The predicted molar refractivity (Wildman–Crippen MR) is 133 cm³/mol. The van der Waals surface area contributed by atoms with E-state index in [1.54, 1.807) is 38.1 Å². The van der Waals surface area contributed by atoms with Crippen LogP contribution in [0, 0.1) is 11.3 Å². The van der Waals surface area contributed by atoms with Gasteiger partial charge in [0.15, 0.2) is 5.60 Å². The molecule has 1 heterocycles. The van der Waals surface area contributed by atoms with Gasteiger partial charge in [-0.05, 0) is 39.8 Å². The lowest BCUT2D eigenvalue weighted by Gasteiger charge is -2.42. The number of rotatable bonds is 13. The summed E-state index contributed by atoms with van der Waals surface area (Å²) in [6.45, 7) is 4.66. The number of esters is 1. The Kier molecular flexibility index (Phi) is 10.2. The lowest BCUT2D eigenvalue weighted by molar-refractivity contribution is -0.224. The van der Waals surface area contributed by atoms with Crippen molar-refractivity contribution in [3.63, 3.8) is 0 Å². The summed E-state index contributed by atoms with van der Waals surface area (Å²) in [4.78, 5) is 38.1. The maximum absolute atomic E-state index is 13.6. The van der Waals surface area contributed by atoms with E-state index in [1.807, 2.05) is 4.98 Å². The Morgan fingerprint density at radius 3 is 2.39 bits per heavy atom. The second-order valence-corrected chi connectivity index (χ2v) is 10.3. The van der Waals surface area contributed by atoms with Crippen LogP contribution in [0.15, 0.2) is 52.2 Å². The Bertz CT molecular complexity index is 1300. The molecule has 15 heteroatoms. The summed E-state index contributed by atoms with van der Waals surface area (Å²) in [5.41, 5.74) is -7.04. The number of ether oxygens (including phenoxy) is 2. The summed E-state index contributed by atoms with van der Waals surface area (Å²) in [6.07, 6.45) is -1.58. The summed E-state index contributed by atoms with van der Waals surface area (Å²) in [7, 11) is -3.44. The molecular formula is C23H31N4O10P. The number of hydrogen-bond acceptors (Lipinski definition) is 11. The summed E-state index contributed by atoms with van der Waals surface area (Å²) in [5, 5.41) is 34.4. The van der Waals surface area contributed by atoms with E-state index >= 15 is 0 Å². The quantitative estimate of drug-likeness (QED) is 0.199. The second-order valence-electron chi connectivity index (χ2n) is 8.64. The molecule has 0 spiro atoms. The Balaban J connectivity index is 2.37. The van der Waals surface area contributed by atoms with Crippen LogP contribution in [0.2, 0.25) is 0 Å². The van der Waals surface area contributed by atoms with Gasteiger partial charge in [0.1, 0.15) is 24.0 Å². The van der Waals surface area contributed by atoms with E-state index in [9.17, 15) is 34.4 Å². The van der Waals surface area contributed by atoms with Crippen LogP contribution < -0.4 is 20.9 Å². The summed E-state index contributed by atoms with van der Waals surface area (Å²) in [6, 6.07) is 9.18. The Hall–Kier alpha value is -3.31. The van der Waals surface area contributed by atoms with Crippen molar-refractivity contribution in [2.75, 3.05) is 13.7 Å². The first-order valence-corrected chi connectivity index (χ1v) is 12.9. The fraction of sp³-hybridized carbons (Fsp3) is 0.478. The number of hydrogen-bond donors (Lipinski definition) is 4. The lowest BCUT2D eigenvalue weighted by Crippen LogP contribution is -2.64. The number of aromatic amines is 1. The predicted octanol–water partition coefficient (Wildman–Crippen LogP) is 0.605. The highest BCUT2D eigenvalue weighted by atomic mass is 31.2. The van der Waals surface area contributed by atoms with Crippen LogP contribution in [0.4, 0.5) is 0 Å². The van der Waals surface area contributed by atoms with Crippen molar-refractivity contribution < 1.29 is 38.1 Å². The monoisotopic (exact) mass is 554 g/mol. The van der Waals surface area contributed by atoms with Crippen molar-refractivity contribution in [1.29, 1.82) is 5.26 Å². The van der Waals surface area contributed by atoms with E-state index in [4.69, 9.17) is 18.5 Å². The fourth-order valence-corrected chi connectivity index (χ4v) is 4.81. The fourth-order valence-electron chi connectivity index (χ4n) is 3.32. The SMILES string of the molecule is COC(C#N)(n1ccc(=O)[nH]c1=O)C(C)(O)C(O)COP(=O)(NC(C)C(=O)OC(C)C)Oc1ccccc1. The van der Waals surface area contributed by atoms with Gasteiger partial charge in [-0.3, -0.25) is 23.7 Å². The van der Waals surface area contributed by atoms with Gasteiger partial charge in [0.2, 0.25) is 0 Å². The number of aromatic nitrogens is 2. The second kappa shape index (κ2) is 12.5. The number of benzene rings is 1. The topological polar surface area (TPSA) is 202 Å². The van der Waals surface area contributed by atoms with Gasteiger partial charge < -0.3 is 24.2 Å². The number of H-pyrrole nitrogens is 1. The van der Waals surface area contributed by atoms with Gasteiger partial charge in [-0.25, -0.2) is 9.36 Å². The van der Waals surface area contributed by atoms with E-state index in [2.05, 4.69) is 5.09 Å². The molecule has 14 nitrogen and oxygen atoms in total. The van der Waals surface area contributed by atoms with Crippen LogP contribution >= 0.6 is 7.75 Å². The largest absolute Gasteiger partial charge is 0.462 e.